The smallest absolute Gasteiger partial charge is 0.272 e. The monoisotopic (exact) mass is 290 g/mol. The molecule has 1 atom stereocenters. The predicted octanol–water partition coefficient (Wildman–Crippen LogP) is 4.75. The first kappa shape index (κ1) is 14.5. The second-order valence-corrected chi connectivity index (χ2v) is 6.34. The number of nitrogens with one attached hydrogen (secondary N) is 1. The van der Waals surface area contributed by atoms with Crippen molar-refractivity contribution in [2.24, 2.45) is 0 Å². The Morgan fingerprint density at radius 2 is 1.90 bits per heavy atom. The molecule has 0 saturated heterocycles. The third kappa shape index (κ3) is 2.99. The first-order chi connectivity index (χ1) is 9.38. The molecule has 1 aromatic carbocycles. The van der Waals surface area contributed by atoms with E-state index in [1.807, 2.05) is 13.0 Å². The minimum absolute atomic E-state index is 0.174. The van der Waals surface area contributed by atoms with Crippen LogP contribution in [-0.4, -0.2) is 4.92 Å². The number of benzene rings is 1. The number of nitrogens with zero attached hydrogens (tertiary/aromatic N) is 1. The molecule has 5 heteroatoms. The fraction of sp³-hybridized carbons (Fsp3) is 0.333. The van der Waals surface area contributed by atoms with Gasteiger partial charge in [0.25, 0.3) is 5.69 Å². The van der Waals surface area contributed by atoms with E-state index in [-0.39, 0.29) is 16.7 Å². The molecule has 1 N–H and O–H groups in total. The van der Waals surface area contributed by atoms with E-state index < -0.39 is 0 Å². The van der Waals surface area contributed by atoms with Gasteiger partial charge in [0, 0.05) is 27.1 Å². The predicted molar refractivity (Wildman–Crippen MR) is 83.7 cm³/mol. The van der Waals surface area contributed by atoms with Crippen LogP contribution in [0.15, 0.2) is 24.3 Å². The number of hydrogen-bond acceptors (Lipinski definition) is 4. The van der Waals surface area contributed by atoms with Gasteiger partial charge in [0.2, 0.25) is 0 Å². The third-order valence-electron chi connectivity index (χ3n) is 3.30. The van der Waals surface area contributed by atoms with Crippen molar-refractivity contribution in [3.05, 3.63) is 55.3 Å². The first-order valence-corrected chi connectivity index (χ1v) is 7.28. The number of nitro groups is 1. The van der Waals surface area contributed by atoms with Gasteiger partial charge in [0.05, 0.1) is 11.0 Å². The highest BCUT2D eigenvalue weighted by molar-refractivity contribution is 7.12. The Balaban J connectivity index is 2.25. The lowest BCUT2D eigenvalue weighted by Crippen LogP contribution is -2.07. The molecule has 0 bridgehead atoms. The average molecular weight is 290 g/mol. The van der Waals surface area contributed by atoms with Crippen molar-refractivity contribution in [3.8, 4) is 0 Å². The van der Waals surface area contributed by atoms with Crippen LogP contribution in [0.4, 0.5) is 11.4 Å². The Kier molecular flexibility index (Phi) is 4.09. The maximum Gasteiger partial charge on any atom is 0.272 e. The molecule has 1 unspecified atom stereocenters. The summed E-state index contributed by atoms with van der Waals surface area (Å²) in [7, 11) is 0. The second kappa shape index (κ2) is 5.63. The van der Waals surface area contributed by atoms with E-state index in [0.29, 0.717) is 5.56 Å². The maximum atomic E-state index is 10.9. The molecule has 106 valence electrons. The molecule has 1 heterocycles. The van der Waals surface area contributed by atoms with E-state index in [0.717, 1.165) is 11.3 Å². The lowest BCUT2D eigenvalue weighted by atomic mass is 10.1. The molecule has 2 rings (SSSR count). The minimum Gasteiger partial charge on any atom is -0.377 e. The molecule has 2 aromatic rings. The van der Waals surface area contributed by atoms with Crippen molar-refractivity contribution >= 4 is 22.7 Å². The van der Waals surface area contributed by atoms with E-state index in [9.17, 15) is 10.1 Å². The van der Waals surface area contributed by atoms with Gasteiger partial charge in [-0.1, -0.05) is 0 Å². The Hall–Kier alpha value is -1.88. The number of aryl methyl sites for hydroxylation is 3. The van der Waals surface area contributed by atoms with E-state index in [1.54, 1.807) is 24.3 Å². The van der Waals surface area contributed by atoms with Crippen LogP contribution in [0.3, 0.4) is 0 Å². The largest absolute Gasteiger partial charge is 0.377 e. The van der Waals surface area contributed by atoms with Gasteiger partial charge >= 0.3 is 0 Å². The van der Waals surface area contributed by atoms with Gasteiger partial charge in [0.15, 0.2) is 0 Å². The van der Waals surface area contributed by atoms with Gasteiger partial charge in [-0.15, -0.1) is 11.3 Å². The number of anilines is 1. The van der Waals surface area contributed by atoms with Crippen molar-refractivity contribution in [3.63, 3.8) is 0 Å². The highest BCUT2D eigenvalue weighted by Crippen LogP contribution is 2.30. The molecule has 0 fully saturated rings. The van der Waals surface area contributed by atoms with Crippen molar-refractivity contribution in [1.82, 2.24) is 0 Å². The summed E-state index contributed by atoms with van der Waals surface area (Å²) in [5.41, 5.74) is 2.69. The van der Waals surface area contributed by atoms with Crippen LogP contribution >= 0.6 is 11.3 Å². The van der Waals surface area contributed by atoms with Crippen LogP contribution in [0.2, 0.25) is 0 Å². The van der Waals surface area contributed by atoms with Crippen LogP contribution in [-0.2, 0) is 0 Å². The molecule has 0 aliphatic rings. The molecule has 0 aliphatic heterocycles. The number of nitro benzene ring substituents is 1. The van der Waals surface area contributed by atoms with Crippen LogP contribution in [0.1, 0.15) is 33.8 Å². The van der Waals surface area contributed by atoms with Crippen LogP contribution in [0, 0.1) is 30.9 Å². The van der Waals surface area contributed by atoms with Crippen molar-refractivity contribution < 1.29 is 4.92 Å². The zero-order valence-corrected chi connectivity index (χ0v) is 12.9. The van der Waals surface area contributed by atoms with Crippen LogP contribution in [0.25, 0.3) is 0 Å². The average Bonchev–Trinajstić information content (AvgIpc) is 2.79. The first-order valence-electron chi connectivity index (χ1n) is 6.47. The summed E-state index contributed by atoms with van der Waals surface area (Å²) in [4.78, 5) is 13.1. The van der Waals surface area contributed by atoms with Crippen LogP contribution < -0.4 is 5.32 Å². The lowest BCUT2D eigenvalue weighted by molar-refractivity contribution is -0.385. The lowest BCUT2D eigenvalue weighted by Gasteiger charge is -2.16. The quantitative estimate of drug-likeness (QED) is 0.652. The Morgan fingerprint density at radius 3 is 2.45 bits per heavy atom. The number of rotatable bonds is 4. The summed E-state index contributed by atoms with van der Waals surface area (Å²) in [6.45, 7) is 7.84. The van der Waals surface area contributed by atoms with E-state index in [2.05, 4.69) is 31.3 Å². The Bertz CT molecular complexity index is 649. The molecule has 4 nitrogen and oxygen atoms in total. The van der Waals surface area contributed by atoms with E-state index in [1.165, 1.54) is 9.75 Å². The molecule has 0 amide bonds. The molecule has 20 heavy (non-hydrogen) atoms. The highest BCUT2D eigenvalue weighted by Gasteiger charge is 2.15. The van der Waals surface area contributed by atoms with E-state index >= 15 is 0 Å². The highest BCUT2D eigenvalue weighted by atomic mass is 32.1. The van der Waals surface area contributed by atoms with Crippen molar-refractivity contribution in [2.75, 3.05) is 5.32 Å². The summed E-state index contributed by atoms with van der Waals surface area (Å²) in [5.74, 6) is 0. The molecule has 0 aliphatic carbocycles. The summed E-state index contributed by atoms with van der Waals surface area (Å²) in [5, 5.41) is 14.4. The third-order valence-corrected chi connectivity index (χ3v) is 4.48. The second-order valence-electron chi connectivity index (χ2n) is 5.03. The SMILES string of the molecule is Cc1ccc(C(C)Nc2cc(C)c([N+](=O)[O-])cc2C)s1. The maximum absolute atomic E-state index is 10.9. The van der Waals surface area contributed by atoms with Gasteiger partial charge in [0.1, 0.15) is 0 Å². The van der Waals surface area contributed by atoms with Crippen molar-refractivity contribution in [1.29, 1.82) is 0 Å². The molecule has 1 aromatic heterocycles. The van der Waals surface area contributed by atoms with Gasteiger partial charge < -0.3 is 5.32 Å². The molecule has 0 radical (unpaired) electrons. The zero-order valence-electron chi connectivity index (χ0n) is 12.1. The zero-order chi connectivity index (χ0) is 14.9. The van der Waals surface area contributed by atoms with Gasteiger partial charge in [-0.3, -0.25) is 10.1 Å². The van der Waals surface area contributed by atoms with Crippen molar-refractivity contribution in [2.45, 2.75) is 33.7 Å². The summed E-state index contributed by atoms with van der Waals surface area (Å²) < 4.78 is 0. The standard InChI is InChI=1S/C15H18N2O2S/c1-9-8-14(17(18)19)10(2)7-13(9)16-12(4)15-6-5-11(3)20-15/h5-8,12,16H,1-4H3. The molecular weight excluding hydrogens is 272 g/mol. The normalized spacial score (nSPS) is 12.2. The number of thiophene rings is 1. The Labute approximate surface area is 122 Å². The van der Waals surface area contributed by atoms with Gasteiger partial charge in [-0.2, -0.15) is 0 Å². The molecule has 0 saturated carbocycles. The van der Waals surface area contributed by atoms with Gasteiger partial charge in [-0.05, 0) is 51.5 Å². The summed E-state index contributed by atoms with van der Waals surface area (Å²) in [6, 6.07) is 7.89. The number of hydrogen-bond donors (Lipinski definition) is 1. The molecule has 0 spiro atoms. The summed E-state index contributed by atoms with van der Waals surface area (Å²) in [6.07, 6.45) is 0. The van der Waals surface area contributed by atoms with Gasteiger partial charge in [-0.25, -0.2) is 0 Å². The fourth-order valence-electron chi connectivity index (χ4n) is 2.14. The molecular formula is C15H18N2O2S. The summed E-state index contributed by atoms with van der Waals surface area (Å²) >= 11 is 1.76. The minimum atomic E-state index is -0.335. The fourth-order valence-corrected chi connectivity index (χ4v) is 3.02. The van der Waals surface area contributed by atoms with Crippen LogP contribution in [0.5, 0.6) is 0 Å². The Morgan fingerprint density at radius 1 is 1.20 bits per heavy atom. The van der Waals surface area contributed by atoms with E-state index in [4.69, 9.17) is 0 Å². The topological polar surface area (TPSA) is 55.2 Å².